The molecule has 0 saturated carbocycles. The van der Waals surface area contributed by atoms with E-state index < -0.39 is 0 Å². The molecule has 0 aliphatic heterocycles. The van der Waals surface area contributed by atoms with Crippen LogP contribution in [0, 0.1) is 12.7 Å². The average Bonchev–Trinajstić information content (AvgIpc) is 2.27. The fourth-order valence-corrected chi connectivity index (χ4v) is 2.11. The first kappa shape index (κ1) is 12.8. The Bertz CT molecular complexity index is 581. The number of hydrogen-bond acceptors (Lipinski definition) is 3. The van der Waals surface area contributed by atoms with Gasteiger partial charge in [0, 0.05) is 17.1 Å². The summed E-state index contributed by atoms with van der Waals surface area (Å²) in [5, 5.41) is 0. The number of rotatable bonds is 3. The summed E-state index contributed by atoms with van der Waals surface area (Å²) >= 11 is 3.19. The van der Waals surface area contributed by atoms with Crippen LogP contribution >= 0.6 is 15.9 Å². The van der Waals surface area contributed by atoms with Crippen LogP contribution in [-0.4, -0.2) is 15.8 Å². The van der Waals surface area contributed by atoms with E-state index in [1.165, 1.54) is 18.3 Å². The maximum Gasteiger partial charge on any atom is 0.185 e. The zero-order valence-corrected chi connectivity index (χ0v) is 11.2. The van der Waals surface area contributed by atoms with Crippen molar-refractivity contribution in [3.63, 3.8) is 0 Å². The van der Waals surface area contributed by atoms with Crippen molar-refractivity contribution < 1.29 is 9.18 Å². The van der Waals surface area contributed by atoms with E-state index in [2.05, 4.69) is 25.9 Å². The molecule has 0 N–H and O–H groups in total. The topological polar surface area (TPSA) is 42.9 Å². The van der Waals surface area contributed by atoms with Crippen molar-refractivity contribution in [1.82, 2.24) is 9.97 Å². The first-order valence-corrected chi connectivity index (χ1v) is 6.12. The summed E-state index contributed by atoms with van der Waals surface area (Å²) in [7, 11) is 0. The highest BCUT2D eigenvalue weighted by atomic mass is 79.9. The van der Waals surface area contributed by atoms with E-state index >= 15 is 0 Å². The van der Waals surface area contributed by atoms with E-state index in [1.54, 1.807) is 19.1 Å². The van der Waals surface area contributed by atoms with E-state index in [0.29, 0.717) is 21.6 Å². The highest BCUT2D eigenvalue weighted by molar-refractivity contribution is 9.10. The molecule has 0 aliphatic carbocycles. The number of aryl methyl sites for hydroxylation is 1. The van der Waals surface area contributed by atoms with Crippen molar-refractivity contribution in [2.24, 2.45) is 0 Å². The first-order valence-electron chi connectivity index (χ1n) is 5.32. The lowest BCUT2D eigenvalue weighted by Crippen LogP contribution is -2.07. The van der Waals surface area contributed by atoms with Crippen molar-refractivity contribution in [1.29, 1.82) is 0 Å². The third kappa shape index (κ3) is 3.20. The van der Waals surface area contributed by atoms with Crippen LogP contribution in [0.25, 0.3) is 0 Å². The number of Topliss-reactive ketones (excluding diaryl/α,β-unsaturated/α-hetero) is 1. The van der Waals surface area contributed by atoms with Crippen LogP contribution in [0.3, 0.4) is 0 Å². The highest BCUT2D eigenvalue weighted by Gasteiger charge is 2.10. The predicted molar refractivity (Wildman–Crippen MR) is 68.9 cm³/mol. The van der Waals surface area contributed by atoms with Crippen molar-refractivity contribution in [3.05, 3.63) is 57.8 Å². The Balaban J connectivity index is 2.21. The predicted octanol–water partition coefficient (Wildman–Crippen LogP) is 3.11. The molecule has 0 fully saturated rings. The summed E-state index contributed by atoms with van der Waals surface area (Å²) in [4.78, 5) is 19.9. The Labute approximate surface area is 112 Å². The number of nitrogens with zero attached hydrogens (tertiary/aromatic N) is 2. The molecule has 0 aliphatic rings. The van der Waals surface area contributed by atoms with Crippen molar-refractivity contribution in [2.45, 2.75) is 13.3 Å². The number of carbonyl (C=O) groups excluding carboxylic acids is 1. The Morgan fingerprint density at radius 2 is 2.17 bits per heavy atom. The smallest absolute Gasteiger partial charge is 0.185 e. The van der Waals surface area contributed by atoms with Gasteiger partial charge >= 0.3 is 0 Å². The monoisotopic (exact) mass is 308 g/mol. The minimum absolute atomic E-state index is 0.118. The average molecular weight is 309 g/mol. The third-order valence-electron chi connectivity index (χ3n) is 2.35. The van der Waals surface area contributed by atoms with Gasteiger partial charge in [-0.2, -0.15) is 0 Å². The number of hydrogen-bond donors (Lipinski definition) is 0. The second kappa shape index (κ2) is 5.35. The van der Waals surface area contributed by atoms with Gasteiger partial charge in [0.05, 0.1) is 0 Å². The van der Waals surface area contributed by atoms with Crippen LogP contribution in [0.15, 0.2) is 34.9 Å². The van der Waals surface area contributed by atoms with Gasteiger partial charge in [0.2, 0.25) is 0 Å². The molecule has 0 saturated heterocycles. The fraction of sp³-hybridized carbons (Fsp3) is 0.154. The largest absolute Gasteiger partial charge is 0.292 e. The van der Waals surface area contributed by atoms with Crippen molar-refractivity contribution in [2.75, 3.05) is 0 Å². The zero-order chi connectivity index (χ0) is 13.1. The summed E-state index contributed by atoms with van der Waals surface area (Å²) in [5.74, 6) is 0.0188. The zero-order valence-electron chi connectivity index (χ0n) is 9.65. The fourth-order valence-electron chi connectivity index (χ4n) is 1.60. The second-order valence-electron chi connectivity index (χ2n) is 3.87. The maximum atomic E-state index is 13.2. The lowest BCUT2D eigenvalue weighted by atomic mass is 10.1. The van der Waals surface area contributed by atoms with Crippen LogP contribution in [-0.2, 0) is 6.42 Å². The molecule has 18 heavy (non-hydrogen) atoms. The molecule has 92 valence electrons. The molecule has 0 radical (unpaired) electrons. The van der Waals surface area contributed by atoms with E-state index in [-0.39, 0.29) is 18.0 Å². The molecular weight excluding hydrogens is 299 g/mol. The summed E-state index contributed by atoms with van der Waals surface area (Å²) in [5.41, 5.74) is 0.964. The summed E-state index contributed by atoms with van der Waals surface area (Å²) < 4.78 is 13.8. The van der Waals surface area contributed by atoms with E-state index in [9.17, 15) is 9.18 Å². The van der Waals surface area contributed by atoms with Gasteiger partial charge < -0.3 is 0 Å². The van der Waals surface area contributed by atoms with Gasteiger partial charge in [-0.3, -0.25) is 4.79 Å². The van der Waals surface area contributed by atoms with Crippen molar-refractivity contribution in [3.8, 4) is 0 Å². The normalized spacial score (nSPS) is 10.4. The molecule has 0 unspecified atom stereocenters. The number of ketones is 1. The Kier molecular flexibility index (Phi) is 3.81. The SMILES string of the molecule is Cc1nccc(C(=O)Cc2cc(F)cc(Br)c2)n1. The van der Waals surface area contributed by atoms with Crippen LogP contribution < -0.4 is 0 Å². The standard InChI is InChI=1S/C13H10BrFN2O/c1-8-16-3-2-12(17-8)13(18)6-9-4-10(14)7-11(15)5-9/h2-5,7H,6H2,1H3. The lowest BCUT2D eigenvalue weighted by molar-refractivity contribution is 0.0988. The molecule has 1 aromatic carbocycles. The minimum atomic E-state index is -0.369. The van der Waals surface area contributed by atoms with Gasteiger partial charge in [0.25, 0.3) is 0 Å². The van der Waals surface area contributed by atoms with Gasteiger partial charge in [-0.05, 0) is 36.8 Å². The molecule has 2 aromatic rings. The quantitative estimate of drug-likeness (QED) is 0.818. The second-order valence-corrected chi connectivity index (χ2v) is 4.78. The molecule has 0 amide bonds. The molecule has 1 aromatic heterocycles. The molecule has 2 rings (SSSR count). The van der Waals surface area contributed by atoms with E-state index in [0.717, 1.165) is 0 Å². The molecule has 3 nitrogen and oxygen atoms in total. The van der Waals surface area contributed by atoms with Crippen LogP contribution in [0.1, 0.15) is 21.9 Å². The number of benzene rings is 1. The Morgan fingerprint density at radius 3 is 2.83 bits per heavy atom. The van der Waals surface area contributed by atoms with Gasteiger partial charge in [-0.1, -0.05) is 15.9 Å². The van der Waals surface area contributed by atoms with Gasteiger partial charge in [-0.25, -0.2) is 14.4 Å². The van der Waals surface area contributed by atoms with E-state index in [1.807, 2.05) is 0 Å². The Morgan fingerprint density at radius 1 is 1.39 bits per heavy atom. The molecule has 1 heterocycles. The van der Waals surface area contributed by atoms with Gasteiger partial charge in [0.1, 0.15) is 17.3 Å². The number of aromatic nitrogens is 2. The van der Waals surface area contributed by atoms with Crippen molar-refractivity contribution >= 4 is 21.7 Å². The molecule has 0 atom stereocenters. The van der Waals surface area contributed by atoms with Gasteiger partial charge in [0.15, 0.2) is 5.78 Å². The number of carbonyl (C=O) groups is 1. The maximum absolute atomic E-state index is 13.2. The summed E-state index contributed by atoms with van der Waals surface area (Å²) in [6.45, 7) is 1.72. The molecule has 5 heteroatoms. The molecule has 0 spiro atoms. The molecule has 0 bridgehead atoms. The summed E-state index contributed by atoms with van der Waals surface area (Å²) in [6.07, 6.45) is 1.66. The Hall–Kier alpha value is -1.62. The van der Waals surface area contributed by atoms with Crippen LogP contribution in [0.4, 0.5) is 4.39 Å². The van der Waals surface area contributed by atoms with Crippen LogP contribution in [0.5, 0.6) is 0 Å². The van der Waals surface area contributed by atoms with Crippen LogP contribution in [0.2, 0.25) is 0 Å². The van der Waals surface area contributed by atoms with E-state index in [4.69, 9.17) is 0 Å². The summed E-state index contributed by atoms with van der Waals surface area (Å²) in [6, 6.07) is 5.97. The first-order chi connectivity index (χ1) is 8.54. The highest BCUT2D eigenvalue weighted by Crippen LogP contribution is 2.16. The lowest BCUT2D eigenvalue weighted by Gasteiger charge is -2.03. The third-order valence-corrected chi connectivity index (χ3v) is 2.81. The minimum Gasteiger partial charge on any atom is -0.292 e. The molecular formula is C13H10BrFN2O. The van der Waals surface area contributed by atoms with Gasteiger partial charge in [-0.15, -0.1) is 0 Å². The number of halogens is 2.